The Bertz CT molecular complexity index is 657. The molecule has 0 fully saturated rings. The van der Waals surface area contributed by atoms with Crippen LogP contribution in [0.25, 0.3) is 0 Å². The number of nitrogens with one attached hydrogen (secondary N) is 1. The summed E-state index contributed by atoms with van der Waals surface area (Å²) in [5.41, 5.74) is 7.69. The highest BCUT2D eigenvalue weighted by Gasteiger charge is 2.22. The zero-order valence-corrected chi connectivity index (χ0v) is 13.6. The van der Waals surface area contributed by atoms with Gasteiger partial charge >= 0.3 is 0 Å². The first kappa shape index (κ1) is 14.6. The van der Waals surface area contributed by atoms with Crippen molar-refractivity contribution in [3.63, 3.8) is 0 Å². The van der Waals surface area contributed by atoms with Gasteiger partial charge in [0.1, 0.15) is 5.75 Å². The molecule has 3 nitrogen and oxygen atoms in total. The van der Waals surface area contributed by atoms with Gasteiger partial charge in [0.2, 0.25) is 0 Å². The smallest absolute Gasteiger partial charge is 0.127 e. The van der Waals surface area contributed by atoms with E-state index < -0.39 is 0 Å². The molecule has 0 spiro atoms. The normalized spacial score (nSPS) is 15.2. The van der Waals surface area contributed by atoms with Crippen LogP contribution < -0.4 is 16.0 Å². The lowest BCUT2D eigenvalue weighted by atomic mass is 9.92. The number of hydrogen-bond donors (Lipinski definition) is 2. The fourth-order valence-corrected chi connectivity index (χ4v) is 3.29. The number of aryl methyl sites for hydroxylation is 2. The van der Waals surface area contributed by atoms with Crippen LogP contribution in [0.4, 0.5) is 0 Å². The number of hydrazine groups is 1. The van der Waals surface area contributed by atoms with Crippen LogP contribution in [0.3, 0.4) is 0 Å². The number of halogens is 1. The lowest BCUT2D eigenvalue weighted by Gasteiger charge is -2.26. The van der Waals surface area contributed by atoms with Gasteiger partial charge in [-0.2, -0.15) is 0 Å². The number of hydrogen-bond acceptors (Lipinski definition) is 3. The van der Waals surface area contributed by atoms with Crippen molar-refractivity contribution < 1.29 is 4.74 Å². The molecular weight excluding hydrogens is 328 g/mol. The standard InChI is InChI=1S/C17H19BrN2O/c1-11-7-8-13(18)10-15(11)16(20-19)14-6-2-4-12-5-3-9-21-17(12)14/h2,4,6-8,10,16,20H,3,5,9,19H2,1H3. The predicted octanol–water partition coefficient (Wildman–Crippen LogP) is 3.64. The van der Waals surface area contributed by atoms with Gasteiger partial charge in [-0.25, -0.2) is 5.43 Å². The van der Waals surface area contributed by atoms with E-state index in [0.29, 0.717) is 0 Å². The molecule has 2 aromatic rings. The molecule has 0 saturated heterocycles. The first-order chi connectivity index (χ1) is 10.2. The van der Waals surface area contributed by atoms with Gasteiger partial charge in [0.15, 0.2) is 0 Å². The van der Waals surface area contributed by atoms with Crippen LogP contribution in [-0.2, 0) is 6.42 Å². The van der Waals surface area contributed by atoms with E-state index in [4.69, 9.17) is 10.6 Å². The lowest BCUT2D eigenvalue weighted by Crippen LogP contribution is -2.30. The van der Waals surface area contributed by atoms with Gasteiger partial charge in [-0.3, -0.25) is 5.84 Å². The second kappa shape index (κ2) is 6.18. The van der Waals surface area contributed by atoms with Crippen LogP contribution in [0, 0.1) is 6.92 Å². The Morgan fingerprint density at radius 2 is 2.10 bits per heavy atom. The van der Waals surface area contributed by atoms with E-state index >= 15 is 0 Å². The molecule has 1 heterocycles. The summed E-state index contributed by atoms with van der Waals surface area (Å²) < 4.78 is 6.97. The Hall–Kier alpha value is -1.36. The predicted molar refractivity (Wildman–Crippen MR) is 88.3 cm³/mol. The van der Waals surface area contributed by atoms with E-state index in [1.54, 1.807) is 0 Å². The molecule has 1 unspecified atom stereocenters. The lowest BCUT2D eigenvalue weighted by molar-refractivity contribution is 0.283. The average Bonchev–Trinajstić information content (AvgIpc) is 2.51. The molecule has 0 bridgehead atoms. The third-order valence-corrected chi connectivity index (χ3v) is 4.49. The number of para-hydroxylation sites is 1. The molecule has 110 valence electrons. The number of ether oxygens (including phenoxy) is 1. The second-order valence-corrected chi connectivity index (χ2v) is 6.30. The van der Waals surface area contributed by atoms with Gasteiger partial charge in [0.25, 0.3) is 0 Å². The molecule has 0 radical (unpaired) electrons. The molecule has 2 aromatic carbocycles. The quantitative estimate of drug-likeness (QED) is 0.658. The van der Waals surface area contributed by atoms with Gasteiger partial charge in [0.05, 0.1) is 12.6 Å². The van der Waals surface area contributed by atoms with Crippen LogP contribution in [0.5, 0.6) is 5.75 Å². The number of rotatable bonds is 3. The molecule has 3 N–H and O–H groups in total. The van der Waals surface area contributed by atoms with Crippen molar-refractivity contribution >= 4 is 15.9 Å². The van der Waals surface area contributed by atoms with Crippen molar-refractivity contribution in [3.8, 4) is 5.75 Å². The highest BCUT2D eigenvalue weighted by atomic mass is 79.9. The summed E-state index contributed by atoms with van der Waals surface area (Å²) in [5, 5.41) is 0. The van der Waals surface area contributed by atoms with E-state index in [9.17, 15) is 0 Å². The third-order valence-electron chi connectivity index (χ3n) is 3.99. The molecule has 1 aliphatic heterocycles. The Balaban J connectivity index is 2.10. The number of fused-ring (bicyclic) bond motifs is 1. The van der Waals surface area contributed by atoms with Crippen LogP contribution in [0.2, 0.25) is 0 Å². The maximum Gasteiger partial charge on any atom is 0.127 e. The molecular formula is C17H19BrN2O. The third kappa shape index (κ3) is 2.84. The topological polar surface area (TPSA) is 47.3 Å². The zero-order valence-electron chi connectivity index (χ0n) is 12.0. The van der Waals surface area contributed by atoms with Crippen molar-refractivity contribution in [3.05, 3.63) is 63.1 Å². The minimum Gasteiger partial charge on any atom is -0.493 e. The highest BCUT2D eigenvalue weighted by molar-refractivity contribution is 9.10. The second-order valence-electron chi connectivity index (χ2n) is 5.39. The Labute approximate surface area is 133 Å². The summed E-state index contributed by atoms with van der Waals surface area (Å²) in [4.78, 5) is 0. The largest absolute Gasteiger partial charge is 0.493 e. The Morgan fingerprint density at radius 1 is 1.24 bits per heavy atom. The van der Waals surface area contributed by atoms with E-state index in [2.05, 4.69) is 58.6 Å². The summed E-state index contributed by atoms with van der Waals surface area (Å²) in [6.07, 6.45) is 2.14. The van der Waals surface area contributed by atoms with Crippen molar-refractivity contribution in [2.45, 2.75) is 25.8 Å². The summed E-state index contributed by atoms with van der Waals surface area (Å²) >= 11 is 3.54. The van der Waals surface area contributed by atoms with Gasteiger partial charge < -0.3 is 4.74 Å². The van der Waals surface area contributed by atoms with E-state index in [1.807, 2.05) is 6.07 Å². The first-order valence-electron chi connectivity index (χ1n) is 7.17. The maximum absolute atomic E-state index is 5.92. The summed E-state index contributed by atoms with van der Waals surface area (Å²) in [5.74, 6) is 6.86. The fraction of sp³-hybridized carbons (Fsp3) is 0.294. The number of nitrogens with two attached hydrogens (primary N) is 1. The zero-order chi connectivity index (χ0) is 14.8. The van der Waals surface area contributed by atoms with E-state index in [1.165, 1.54) is 11.1 Å². The molecule has 1 atom stereocenters. The Kier molecular flexibility index (Phi) is 4.29. The molecule has 21 heavy (non-hydrogen) atoms. The molecule has 0 saturated carbocycles. The minimum atomic E-state index is -0.0736. The van der Waals surface area contributed by atoms with Gasteiger partial charge in [-0.1, -0.05) is 40.2 Å². The summed E-state index contributed by atoms with van der Waals surface area (Å²) in [6, 6.07) is 12.5. The monoisotopic (exact) mass is 346 g/mol. The molecule has 0 amide bonds. The highest BCUT2D eigenvalue weighted by Crippen LogP contribution is 2.36. The molecule has 0 aromatic heterocycles. The molecule has 0 aliphatic carbocycles. The van der Waals surface area contributed by atoms with Crippen LogP contribution in [0.15, 0.2) is 40.9 Å². The molecule has 4 heteroatoms. The van der Waals surface area contributed by atoms with Crippen molar-refractivity contribution in [2.75, 3.05) is 6.61 Å². The average molecular weight is 347 g/mol. The Morgan fingerprint density at radius 3 is 2.90 bits per heavy atom. The first-order valence-corrected chi connectivity index (χ1v) is 7.97. The van der Waals surface area contributed by atoms with E-state index in [0.717, 1.165) is 40.8 Å². The maximum atomic E-state index is 5.92. The SMILES string of the molecule is Cc1ccc(Br)cc1C(NN)c1cccc2c1OCCC2. The van der Waals surface area contributed by atoms with Crippen molar-refractivity contribution in [1.29, 1.82) is 0 Å². The van der Waals surface area contributed by atoms with Gasteiger partial charge in [0, 0.05) is 10.0 Å². The number of benzene rings is 2. The van der Waals surface area contributed by atoms with E-state index in [-0.39, 0.29) is 6.04 Å². The van der Waals surface area contributed by atoms with Crippen LogP contribution in [0.1, 0.15) is 34.7 Å². The summed E-state index contributed by atoms with van der Waals surface area (Å²) in [6.45, 7) is 2.88. The van der Waals surface area contributed by atoms with Crippen LogP contribution >= 0.6 is 15.9 Å². The molecule has 3 rings (SSSR count). The van der Waals surface area contributed by atoms with Crippen molar-refractivity contribution in [2.24, 2.45) is 5.84 Å². The van der Waals surface area contributed by atoms with Crippen LogP contribution in [-0.4, -0.2) is 6.61 Å². The minimum absolute atomic E-state index is 0.0736. The molecule has 1 aliphatic rings. The van der Waals surface area contributed by atoms with Gasteiger partial charge in [-0.15, -0.1) is 0 Å². The summed E-state index contributed by atoms with van der Waals surface area (Å²) in [7, 11) is 0. The fourth-order valence-electron chi connectivity index (χ4n) is 2.91. The van der Waals surface area contributed by atoms with Crippen molar-refractivity contribution in [1.82, 2.24) is 5.43 Å². The van der Waals surface area contributed by atoms with Gasteiger partial charge in [-0.05, 0) is 48.6 Å².